The molecule has 2 unspecified atom stereocenters. The summed E-state index contributed by atoms with van der Waals surface area (Å²) in [5, 5.41) is 9.81. The summed E-state index contributed by atoms with van der Waals surface area (Å²) in [5.74, 6) is 0.773. The Balaban J connectivity index is 2.11. The molecule has 0 bridgehead atoms. The lowest BCUT2D eigenvalue weighted by Gasteiger charge is -2.27. The van der Waals surface area contributed by atoms with Crippen LogP contribution in [0.5, 0.6) is 11.5 Å². The van der Waals surface area contributed by atoms with E-state index in [0.717, 1.165) is 12.1 Å². The van der Waals surface area contributed by atoms with Crippen LogP contribution in [0.4, 0.5) is 0 Å². The molecule has 1 fully saturated rings. The standard InChI is InChI=1S/C15H23NO2/c1-4-13-7-5-11(2)16(13)10-12-6-8-15(18-3)14(17)9-12/h6,8-9,11,13,17H,4-5,7,10H2,1-3H3. The molecule has 2 rings (SSSR count). The molecular weight excluding hydrogens is 226 g/mol. The third-order valence-corrected chi connectivity index (χ3v) is 4.03. The van der Waals surface area contributed by atoms with Crippen molar-refractivity contribution in [2.75, 3.05) is 7.11 Å². The molecule has 1 aliphatic rings. The number of aromatic hydroxyl groups is 1. The van der Waals surface area contributed by atoms with E-state index in [0.29, 0.717) is 17.8 Å². The van der Waals surface area contributed by atoms with Gasteiger partial charge < -0.3 is 9.84 Å². The van der Waals surface area contributed by atoms with Gasteiger partial charge in [0.05, 0.1) is 7.11 Å². The summed E-state index contributed by atoms with van der Waals surface area (Å²) >= 11 is 0. The Hall–Kier alpha value is -1.22. The van der Waals surface area contributed by atoms with Crippen molar-refractivity contribution in [1.82, 2.24) is 4.90 Å². The van der Waals surface area contributed by atoms with Gasteiger partial charge in [-0.25, -0.2) is 0 Å². The number of rotatable bonds is 4. The quantitative estimate of drug-likeness (QED) is 0.889. The van der Waals surface area contributed by atoms with Crippen LogP contribution in [0.3, 0.4) is 0 Å². The number of phenols is 1. The minimum absolute atomic E-state index is 0.231. The van der Waals surface area contributed by atoms with Gasteiger partial charge in [0.1, 0.15) is 0 Å². The van der Waals surface area contributed by atoms with Gasteiger partial charge in [-0.3, -0.25) is 4.90 Å². The number of hydrogen-bond donors (Lipinski definition) is 1. The SMILES string of the molecule is CCC1CCC(C)N1Cc1ccc(OC)c(O)c1. The number of ether oxygens (including phenoxy) is 1. The maximum absolute atomic E-state index is 9.81. The molecule has 0 aliphatic carbocycles. The molecular formula is C15H23NO2. The molecule has 1 aromatic carbocycles. The second-order valence-electron chi connectivity index (χ2n) is 5.17. The van der Waals surface area contributed by atoms with Crippen molar-refractivity contribution in [3.8, 4) is 11.5 Å². The van der Waals surface area contributed by atoms with Crippen LogP contribution in [-0.4, -0.2) is 29.2 Å². The first-order valence-corrected chi connectivity index (χ1v) is 6.77. The predicted molar refractivity (Wildman–Crippen MR) is 73.0 cm³/mol. The molecule has 1 aliphatic heterocycles. The Morgan fingerprint density at radius 3 is 2.78 bits per heavy atom. The molecule has 1 N–H and O–H groups in total. The third kappa shape index (κ3) is 2.61. The first-order valence-electron chi connectivity index (χ1n) is 6.77. The molecule has 18 heavy (non-hydrogen) atoms. The molecule has 0 amide bonds. The highest BCUT2D eigenvalue weighted by Gasteiger charge is 2.29. The van der Waals surface area contributed by atoms with E-state index in [4.69, 9.17) is 4.74 Å². The van der Waals surface area contributed by atoms with Crippen molar-refractivity contribution in [3.63, 3.8) is 0 Å². The fraction of sp³-hybridized carbons (Fsp3) is 0.600. The Kier molecular flexibility index (Phi) is 4.12. The number of nitrogens with zero attached hydrogens (tertiary/aromatic N) is 1. The van der Waals surface area contributed by atoms with E-state index in [2.05, 4.69) is 18.7 Å². The number of hydrogen-bond acceptors (Lipinski definition) is 3. The van der Waals surface area contributed by atoms with Crippen LogP contribution in [0, 0.1) is 0 Å². The van der Waals surface area contributed by atoms with Crippen LogP contribution in [0.25, 0.3) is 0 Å². The molecule has 0 spiro atoms. The lowest BCUT2D eigenvalue weighted by atomic mass is 10.1. The largest absolute Gasteiger partial charge is 0.504 e. The number of methoxy groups -OCH3 is 1. The summed E-state index contributed by atoms with van der Waals surface area (Å²) in [7, 11) is 1.57. The lowest BCUT2D eigenvalue weighted by molar-refractivity contribution is 0.189. The van der Waals surface area contributed by atoms with Crippen molar-refractivity contribution in [2.45, 2.75) is 51.7 Å². The molecule has 2 atom stereocenters. The summed E-state index contributed by atoms with van der Waals surface area (Å²) in [6.07, 6.45) is 3.77. The highest BCUT2D eigenvalue weighted by molar-refractivity contribution is 5.41. The van der Waals surface area contributed by atoms with Crippen LogP contribution in [0.1, 0.15) is 38.7 Å². The van der Waals surface area contributed by atoms with Gasteiger partial charge in [0, 0.05) is 18.6 Å². The first kappa shape index (κ1) is 13.2. The van der Waals surface area contributed by atoms with Gasteiger partial charge in [0.25, 0.3) is 0 Å². The van der Waals surface area contributed by atoms with Gasteiger partial charge in [-0.05, 0) is 43.9 Å². The zero-order chi connectivity index (χ0) is 13.1. The molecule has 1 saturated heterocycles. The topological polar surface area (TPSA) is 32.7 Å². The number of likely N-dealkylation sites (tertiary alicyclic amines) is 1. The summed E-state index contributed by atoms with van der Waals surface area (Å²) in [4.78, 5) is 2.54. The first-order chi connectivity index (χ1) is 8.65. The van der Waals surface area contributed by atoms with Crippen LogP contribution >= 0.6 is 0 Å². The zero-order valence-electron chi connectivity index (χ0n) is 11.5. The van der Waals surface area contributed by atoms with E-state index in [1.54, 1.807) is 7.11 Å². The molecule has 3 nitrogen and oxygen atoms in total. The molecule has 0 saturated carbocycles. The smallest absolute Gasteiger partial charge is 0.160 e. The van der Waals surface area contributed by atoms with E-state index < -0.39 is 0 Å². The lowest BCUT2D eigenvalue weighted by Crippen LogP contribution is -2.33. The predicted octanol–water partition coefficient (Wildman–Crippen LogP) is 3.16. The summed E-state index contributed by atoms with van der Waals surface area (Å²) in [6.45, 7) is 5.46. The van der Waals surface area contributed by atoms with Gasteiger partial charge in [-0.2, -0.15) is 0 Å². The maximum Gasteiger partial charge on any atom is 0.160 e. The molecule has 0 aromatic heterocycles. The van der Waals surface area contributed by atoms with Crippen molar-refractivity contribution >= 4 is 0 Å². The van der Waals surface area contributed by atoms with Gasteiger partial charge in [0.15, 0.2) is 11.5 Å². The fourth-order valence-corrected chi connectivity index (χ4v) is 2.89. The highest BCUT2D eigenvalue weighted by Crippen LogP contribution is 2.31. The highest BCUT2D eigenvalue weighted by atomic mass is 16.5. The molecule has 3 heteroatoms. The molecule has 0 radical (unpaired) electrons. The second kappa shape index (κ2) is 5.61. The van der Waals surface area contributed by atoms with Crippen LogP contribution in [0.2, 0.25) is 0 Å². The number of phenolic OH excluding ortho intramolecular Hbond substituents is 1. The Morgan fingerprint density at radius 2 is 2.17 bits per heavy atom. The third-order valence-electron chi connectivity index (χ3n) is 4.03. The van der Waals surface area contributed by atoms with Crippen LogP contribution in [-0.2, 0) is 6.54 Å². The van der Waals surface area contributed by atoms with Crippen molar-refractivity contribution in [1.29, 1.82) is 0 Å². The Bertz CT molecular complexity index is 405. The summed E-state index contributed by atoms with van der Waals surface area (Å²) in [6, 6.07) is 7.02. The minimum Gasteiger partial charge on any atom is -0.504 e. The monoisotopic (exact) mass is 249 g/mol. The van der Waals surface area contributed by atoms with Crippen molar-refractivity contribution in [3.05, 3.63) is 23.8 Å². The summed E-state index contributed by atoms with van der Waals surface area (Å²) < 4.78 is 5.07. The molecule has 100 valence electrons. The van der Waals surface area contributed by atoms with Crippen LogP contribution < -0.4 is 4.74 Å². The van der Waals surface area contributed by atoms with Gasteiger partial charge >= 0.3 is 0 Å². The van der Waals surface area contributed by atoms with E-state index in [9.17, 15) is 5.11 Å². The van der Waals surface area contributed by atoms with Gasteiger partial charge in [-0.15, -0.1) is 0 Å². The van der Waals surface area contributed by atoms with Crippen molar-refractivity contribution < 1.29 is 9.84 Å². The maximum atomic E-state index is 9.81. The van der Waals surface area contributed by atoms with Gasteiger partial charge in [-0.1, -0.05) is 13.0 Å². The molecule has 1 aromatic rings. The van der Waals surface area contributed by atoms with E-state index in [-0.39, 0.29) is 5.75 Å². The number of benzene rings is 1. The second-order valence-corrected chi connectivity index (χ2v) is 5.17. The van der Waals surface area contributed by atoms with E-state index in [1.165, 1.54) is 19.3 Å². The van der Waals surface area contributed by atoms with Gasteiger partial charge in [0.2, 0.25) is 0 Å². The normalized spacial score (nSPS) is 24.4. The average Bonchev–Trinajstić information content (AvgIpc) is 2.71. The Morgan fingerprint density at radius 1 is 1.39 bits per heavy atom. The average molecular weight is 249 g/mol. The fourth-order valence-electron chi connectivity index (χ4n) is 2.89. The minimum atomic E-state index is 0.231. The van der Waals surface area contributed by atoms with Crippen LogP contribution in [0.15, 0.2) is 18.2 Å². The van der Waals surface area contributed by atoms with E-state index >= 15 is 0 Å². The molecule has 1 heterocycles. The Labute approximate surface area is 109 Å². The summed E-state index contributed by atoms with van der Waals surface area (Å²) in [5.41, 5.74) is 1.15. The van der Waals surface area contributed by atoms with Crippen molar-refractivity contribution in [2.24, 2.45) is 0 Å². The van der Waals surface area contributed by atoms with E-state index in [1.807, 2.05) is 18.2 Å². The zero-order valence-corrected chi connectivity index (χ0v) is 11.5.